The van der Waals surface area contributed by atoms with Gasteiger partial charge in [0.1, 0.15) is 5.75 Å². The molecule has 2 aliphatic rings. The lowest BCUT2D eigenvalue weighted by Crippen LogP contribution is -2.38. The Labute approximate surface area is 180 Å². The van der Waals surface area contributed by atoms with E-state index in [-0.39, 0.29) is 11.9 Å². The lowest BCUT2D eigenvalue weighted by molar-refractivity contribution is -0.130. The molecule has 4 rings (SSSR count). The van der Waals surface area contributed by atoms with E-state index < -0.39 is 0 Å². The summed E-state index contributed by atoms with van der Waals surface area (Å²) in [5.41, 5.74) is 5.68. The average molecular weight is 407 g/mol. The number of carbonyl (C=O) groups excluding carboxylic acids is 1. The van der Waals surface area contributed by atoms with Gasteiger partial charge in [-0.25, -0.2) is 0 Å². The molecule has 0 radical (unpaired) electrons. The zero-order chi connectivity index (χ0) is 21.3. The van der Waals surface area contributed by atoms with Crippen molar-refractivity contribution in [3.8, 4) is 16.9 Å². The minimum atomic E-state index is 0.124. The second kappa shape index (κ2) is 8.81. The van der Waals surface area contributed by atoms with Gasteiger partial charge in [-0.3, -0.25) is 4.79 Å². The summed E-state index contributed by atoms with van der Waals surface area (Å²) in [5, 5.41) is 10.7. The summed E-state index contributed by atoms with van der Waals surface area (Å²) in [6.45, 7) is 9.14. The number of phenolic OH excluding ortho intramolecular Hbond substituents is 1. The molecule has 2 aromatic carbocycles. The van der Waals surface area contributed by atoms with Crippen LogP contribution in [-0.4, -0.2) is 52.5 Å². The summed E-state index contributed by atoms with van der Waals surface area (Å²) in [5.74, 6) is 0.454. The van der Waals surface area contributed by atoms with E-state index in [0.29, 0.717) is 18.3 Å². The maximum Gasteiger partial charge on any atom is 0.219 e. The predicted molar refractivity (Wildman–Crippen MR) is 122 cm³/mol. The van der Waals surface area contributed by atoms with E-state index in [2.05, 4.69) is 49.1 Å². The number of aromatic hydroxyl groups is 1. The van der Waals surface area contributed by atoms with Crippen LogP contribution in [0.15, 0.2) is 36.4 Å². The molecule has 1 amide bonds. The van der Waals surface area contributed by atoms with E-state index in [1.807, 2.05) is 11.0 Å². The molecule has 2 heterocycles. The molecule has 4 heteroatoms. The molecule has 0 aromatic heterocycles. The Morgan fingerprint density at radius 1 is 1.07 bits per heavy atom. The minimum absolute atomic E-state index is 0.124. The maximum atomic E-state index is 11.9. The third-order valence-corrected chi connectivity index (χ3v) is 7.04. The molecule has 2 unspecified atom stereocenters. The normalized spacial score (nSPS) is 22.0. The lowest BCUT2D eigenvalue weighted by Gasteiger charge is -2.25. The smallest absolute Gasteiger partial charge is 0.219 e. The molecule has 0 spiro atoms. The van der Waals surface area contributed by atoms with Crippen LogP contribution in [0.5, 0.6) is 5.75 Å². The van der Waals surface area contributed by atoms with Gasteiger partial charge in [-0.2, -0.15) is 0 Å². The highest BCUT2D eigenvalue weighted by Gasteiger charge is 2.24. The Balaban J connectivity index is 1.50. The average Bonchev–Trinajstić information content (AvgIpc) is 3.05. The van der Waals surface area contributed by atoms with Gasteiger partial charge in [0.05, 0.1) is 0 Å². The van der Waals surface area contributed by atoms with Crippen molar-refractivity contribution in [2.24, 2.45) is 0 Å². The third kappa shape index (κ3) is 4.39. The van der Waals surface area contributed by atoms with Gasteiger partial charge < -0.3 is 14.9 Å². The van der Waals surface area contributed by atoms with Crippen molar-refractivity contribution in [2.45, 2.75) is 65.0 Å². The first kappa shape index (κ1) is 20.9. The molecule has 4 nitrogen and oxygen atoms in total. The first-order chi connectivity index (χ1) is 14.4. The number of amides is 1. The van der Waals surface area contributed by atoms with E-state index in [4.69, 9.17) is 0 Å². The lowest BCUT2D eigenvalue weighted by atomic mass is 9.93. The highest BCUT2D eigenvalue weighted by molar-refractivity contribution is 5.74. The van der Waals surface area contributed by atoms with Crippen LogP contribution in [0.2, 0.25) is 0 Å². The molecule has 2 aromatic rings. The number of benzene rings is 2. The van der Waals surface area contributed by atoms with Crippen molar-refractivity contribution in [1.29, 1.82) is 0 Å². The van der Waals surface area contributed by atoms with Gasteiger partial charge in [0, 0.05) is 37.7 Å². The number of hydrogen-bond donors (Lipinski definition) is 1. The van der Waals surface area contributed by atoms with Crippen LogP contribution in [0.25, 0.3) is 11.1 Å². The second-order valence-corrected chi connectivity index (χ2v) is 9.13. The maximum absolute atomic E-state index is 11.9. The fraction of sp³-hybridized carbons (Fsp3) is 0.500. The number of fused-ring (bicyclic) bond motifs is 1. The van der Waals surface area contributed by atoms with Crippen molar-refractivity contribution in [2.75, 3.05) is 19.6 Å². The minimum Gasteiger partial charge on any atom is -0.507 e. The molecule has 1 N–H and O–H groups in total. The Morgan fingerprint density at radius 3 is 2.50 bits per heavy atom. The molecule has 0 saturated carbocycles. The van der Waals surface area contributed by atoms with Gasteiger partial charge in [-0.1, -0.05) is 24.3 Å². The van der Waals surface area contributed by atoms with E-state index >= 15 is 0 Å². The molecule has 0 aliphatic carbocycles. The predicted octanol–water partition coefficient (Wildman–Crippen LogP) is 4.42. The van der Waals surface area contributed by atoms with Crippen molar-refractivity contribution in [1.82, 2.24) is 9.80 Å². The SMILES string of the molecule is CC(=O)N1CCc2cc(O)c(-c3ccc(CCN4CCCC4C)cc3)cc2CC1C. The van der Waals surface area contributed by atoms with Crippen molar-refractivity contribution < 1.29 is 9.90 Å². The Bertz CT molecular complexity index is 906. The number of likely N-dealkylation sites (tertiary alicyclic amines) is 1. The topological polar surface area (TPSA) is 43.8 Å². The first-order valence-corrected chi connectivity index (χ1v) is 11.4. The zero-order valence-electron chi connectivity index (χ0n) is 18.5. The molecule has 2 atom stereocenters. The van der Waals surface area contributed by atoms with Gasteiger partial charge in [-0.05, 0) is 86.9 Å². The third-order valence-electron chi connectivity index (χ3n) is 7.04. The summed E-state index contributed by atoms with van der Waals surface area (Å²) in [6, 6.07) is 13.6. The van der Waals surface area contributed by atoms with Crippen LogP contribution >= 0.6 is 0 Å². The number of nitrogens with zero attached hydrogens (tertiary/aromatic N) is 2. The van der Waals surface area contributed by atoms with E-state index in [1.54, 1.807) is 6.92 Å². The number of rotatable bonds is 4. The van der Waals surface area contributed by atoms with Crippen molar-refractivity contribution in [3.05, 3.63) is 53.1 Å². The van der Waals surface area contributed by atoms with Gasteiger partial charge in [-0.15, -0.1) is 0 Å². The summed E-state index contributed by atoms with van der Waals surface area (Å²) >= 11 is 0. The van der Waals surface area contributed by atoms with Gasteiger partial charge in [0.15, 0.2) is 0 Å². The molecule has 160 valence electrons. The fourth-order valence-electron chi connectivity index (χ4n) is 5.14. The van der Waals surface area contributed by atoms with Crippen molar-refractivity contribution in [3.63, 3.8) is 0 Å². The Morgan fingerprint density at radius 2 is 1.83 bits per heavy atom. The summed E-state index contributed by atoms with van der Waals surface area (Å²) < 4.78 is 0. The molecule has 0 bridgehead atoms. The van der Waals surface area contributed by atoms with Crippen LogP contribution in [-0.2, 0) is 24.1 Å². The van der Waals surface area contributed by atoms with Crippen LogP contribution in [0.1, 0.15) is 50.3 Å². The molecule has 1 saturated heterocycles. The van der Waals surface area contributed by atoms with Gasteiger partial charge in [0.2, 0.25) is 5.91 Å². The van der Waals surface area contributed by atoms with Crippen LogP contribution in [0, 0.1) is 0 Å². The molecule has 2 aliphatic heterocycles. The van der Waals surface area contributed by atoms with Crippen LogP contribution in [0.3, 0.4) is 0 Å². The van der Waals surface area contributed by atoms with E-state index in [0.717, 1.165) is 42.5 Å². The number of carbonyl (C=O) groups is 1. The second-order valence-electron chi connectivity index (χ2n) is 9.13. The molecular formula is C26H34N2O2. The first-order valence-electron chi connectivity index (χ1n) is 11.4. The van der Waals surface area contributed by atoms with Gasteiger partial charge >= 0.3 is 0 Å². The highest BCUT2D eigenvalue weighted by Crippen LogP contribution is 2.34. The molecular weight excluding hydrogens is 372 g/mol. The monoisotopic (exact) mass is 406 g/mol. The number of phenols is 1. The van der Waals surface area contributed by atoms with Crippen LogP contribution < -0.4 is 0 Å². The van der Waals surface area contributed by atoms with Gasteiger partial charge in [0.25, 0.3) is 0 Å². The standard InChI is InChI=1S/C26H34N2O2/c1-18-5-4-12-27(18)13-10-21-6-8-22(9-7-21)25-16-24-15-19(2)28(20(3)29)14-11-23(24)17-26(25)30/h6-9,16-19,30H,4-5,10-15H2,1-3H3. The van der Waals surface area contributed by atoms with Crippen molar-refractivity contribution >= 4 is 5.91 Å². The summed E-state index contributed by atoms with van der Waals surface area (Å²) in [4.78, 5) is 16.4. The highest BCUT2D eigenvalue weighted by atomic mass is 16.3. The Hall–Kier alpha value is -2.33. The summed E-state index contributed by atoms with van der Waals surface area (Å²) in [6.07, 6.45) is 5.33. The van der Waals surface area contributed by atoms with Crippen LogP contribution in [0.4, 0.5) is 0 Å². The van der Waals surface area contributed by atoms with E-state index in [1.165, 1.54) is 30.5 Å². The molecule has 30 heavy (non-hydrogen) atoms. The quantitative estimate of drug-likeness (QED) is 0.817. The largest absolute Gasteiger partial charge is 0.507 e. The number of hydrogen-bond acceptors (Lipinski definition) is 3. The fourth-order valence-corrected chi connectivity index (χ4v) is 5.14. The summed E-state index contributed by atoms with van der Waals surface area (Å²) in [7, 11) is 0. The van der Waals surface area contributed by atoms with E-state index in [9.17, 15) is 9.90 Å². The Kier molecular flexibility index (Phi) is 6.14. The molecule has 1 fully saturated rings. The zero-order valence-corrected chi connectivity index (χ0v) is 18.5.